The van der Waals surface area contributed by atoms with E-state index in [1.807, 2.05) is 0 Å². The Balaban J connectivity index is 3.01. The summed E-state index contributed by atoms with van der Waals surface area (Å²) in [7, 11) is 1.44. The van der Waals surface area contributed by atoms with Crippen molar-refractivity contribution in [1.82, 2.24) is 0 Å². The van der Waals surface area contributed by atoms with Crippen LogP contribution in [-0.2, 0) is 0 Å². The fraction of sp³-hybridized carbons (Fsp3) is 0.571. The van der Waals surface area contributed by atoms with Crippen LogP contribution in [0.15, 0.2) is 18.2 Å². The molecule has 0 heterocycles. The van der Waals surface area contributed by atoms with E-state index in [1.165, 1.54) is 7.11 Å². The minimum Gasteiger partial charge on any atom is -0.490 e. The lowest BCUT2D eigenvalue weighted by atomic mass is 10.0. The lowest BCUT2D eigenvalue weighted by molar-refractivity contribution is -0.384. The second kappa shape index (κ2) is 7.38. The third-order valence-electron chi connectivity index (χ3n) is 3.72. The number of methoxy groups -OCH3 is 1. The molecule has 0 saturated carbocycles. The van der Waals surface area contributed by atoms with Crippen molar-refractivity contribution in [3.63, 3.8) is 0 Å². The van der Waals surface area contributed by atoms with Crippen LogP contribution in [0.3, 0.4) is 0 Å². The van der Waals surface area contributed by atoms with Crippen LogP contribution in [0, 0.1) is 10.1 Å². The van der Waals surface area contributed by atoms with E-state index >= 15 is 0 Å². The molecular weight excluding hydrogens is 276 g/mol. The first-order valence-electron chi connectivity index (χ1n) is 6.64. The van der Waals surface area contributed by atoms with Gasteiger partial charge in [-0.05, 0) is 31.2 Å². The molecule has 112 valence electrons. The minimum absolute atomic E-state index is 0.00258. The average molecular weight is 298 g/mol. The van der Waals surface area contributed by atoms with Gasteiger partial charge in [0.1, 0.15) is 5.69 Å². The Morgan fingerprint density at radius 1 is 1.40 bits per heavy atom. The zero-order valence-electron chi connectivity index (χ0n) is 12.4. The van der Waals surface area contributed by atoms with Gasteiger partial charge >= 0.3 is 5.69 Å². The van der Waals surface area contributed by atoms with Gasteiger partial charge in [-0.25, -0.2) is 0 Å². The summed E-state index contributed by atoms with van der Waals surface area (Å²) in [5, 5.41) is 14.4. The molecular formula is C14H22N2O3S. The normalized spacial score (nSPS) is 11.2. The molecule has 1 rings (SSSR count). The first-order valence-corrected chi connectivity index (χ1v) is 7.86. The number of thioether (sulfide) groups is 1. The molecule has 0 spiro atoms. The number of nitrogens with zero attached hydrogens (tertiary/aromatic N) is 1. The first-order chi connectivity index (χ1) is 9.53. The zero-order chi connectivity index (χ0) is 15.2. The number of hydrogen-bond acceptors (Lipinski definition) is 5. The van der Waals surface area contributed by atoms with E-state index in [0.29, 0.717) is 12.2 Å². The van der Waals surface area contributed by atoms with Crippen LogP contribution in [0.2, 0.25) is 0 Å². The fourth-order valence-electron chi connectivity index (χ4n) is 2.14. The topological polar surface area (TPSA) is 64.4 Å². The van der Waals surface area contributed by atoms with Crippen molar-refractivity contribution in [1.29, 1.82) is 0 Å². The van der Waals surface area contributed by atoms with Crippen molar-refractivity contribution in [3.8, 4) is 5.75 Å². The summed E-state index contributed by atoms with van der Waals surface area (Å²) in [5.74, 6) is 0.280. The molecule has 0 saturated heterocycles. The molecule has 0 unspecified atom stereocenters. The molecule has 0 amide bonds. The van der Waals surface area contributed by atoms with E-state index in [4.69, 9.17) is 4.74 Å². The van der Waals surface area contributed by atoms with Crippen LogP contribution in [0.4, 0.5) is 11.4 Å². The first kappa shape index (κ1) is 16.6. The maximum Gasteiger partial charge on any atom is 0.333 e. The lowest BCUT2D eigenvalue weighted by Gasteiger charge is -2.30. The molecule has 0 aromatic heterocycles. The van der Waals surface area contributed by atoms with Crippen LogP contribution in [0.25, 0.3) is 0 Å². The average Bonchev–Trinajstić information content (AvgIpc) is 2.48. The molecule has 0 fully saturated rings. The number of rotatable bonds is 8. The Kier molecular flexibility index (Phi) is 6.13. The molecule has 1 N–H and O–H groups in total. The number of para-hydroxylation sites is 1. The van der Waals surface area contributed by atoms with Crippen LogP contribution in [0.5, 0.6) is 5.75 Å². The minimum atomic E-state index is -0.403. The summed E-state index contributed by atoms with van der Waals surface area (Å²) < 4.78 is 5.17. The van der Waals surface area contributed by atoms with Gasteiger partial charge in [-0.15, -0.1) is 0 Å². The van der Waals surface area contributed by atoms with Gasteiger partial charge in [-0.2, -0.15) is 11.8 Å². The van der Waals surface area contributed by atoms with Gasteiger partial charge in [0.2, 0.25) is 0 Å². The summed E-state index contributed by atoms with van der Waals surface area (Å²) in [6.07, 6.45) is 4.10. The number of ether oxygens (including phenoxy) is 1. The molecule has 0 bridgehead atoms. The maximum absolute atomic E-state index is 11.2. The zero-order valence-corrected chi connectivity index (χ0v) is 13.3. The highest BCUT2D eigenvalue weighted by atomic mass is 32.2. The summed E-state index contributed by atoms with van der Waals surface area (Å²) in [6, 6.07) is 5.08. The maximum atomic E-state index is 11.2. The summed E-state index contributed by atoms with van der Waals surface area (Å²) >= 11 is 1.80. The number of benzene rings is 1. The van der Waals surface area contributed by atoms with E-state index in [9.17, 15) is 10.1 Å². The van der Waals surface area contributed by atoms with Crippen molar-refractivity contribution in [2.75, 3.05) is 25.2 Å². The summed E-state index contributed by atoms with van der Waals surface area (Å²) in [4.78, 5) is 10.8. The molecule has 1 aromatic rings. The van der Waals surface area contributed by atoms with Crippen LogP contribution < -0.4 is 10.1 Å². The molecule has 0 aliphatic carbocycles. The number of nitrogens with one attached hydrogen (secondary N) is 1. The highest BCUT2D eigenvalue weighted by molar-refractivity contribution is 8.00. The summed E-state index contributed by atoms with van der Waals surface area (Å²) in [5.41, 5.74) is 0.506. The lowest BCUT2D eigenvalue weighted by Crippen LogP contribution is -2.32. The largest absolute Gasteiger partial charge is 0.490 e. The Morgan fingerprint density at radius 2 is 2.05 bits per heavy atom. The Labute approximate surface area is 124 Å². The van der Waals surface area contributed by atoms with Gasteiger partial charge in [0.05, 0.1) is 12.0 Å². The Bertz CT molecular complexity index is 453. The van der Waals surface area contributed by atoms with E-state index in [1.54, 1.807) is 30.0 Å². The van der Waals surface area contributed by atoms with Crippen LogP contribution >= 0.6 is 11.8 Å². The van der Waals surface area contributed by atoms with Gasteiger partial charge in [0.15, 0.2) is 5.75 Å². The molecule has 0 radical (unpaired) electrons. The third kappa shape index (κ3) is 3.56. The van der Waals surface area contributed by atoms with E-state index in [2.05, 4.69) is 25.4 Å². The van der Waals surface area contributed by atoms with Gasteiger partial charge < -0.3 is 10.1 Å². The number of nitro benzene ring substituents is 1. The van der Waals surface area contributed by atoms with Gasteiger partial charge in [0, 0.05) is 11.3 Å². The van der Waals surface area contributed by atoms with Crippen LogP contribution in [0.1, 0.15) is 26.7 Å². The monoisotopic (exact) mass is 298 g/mol. The van der Waals surface area contributed by atoms with Crippen molar-refractivity contribution in [2.45, 2.75) is 31.4 Å². The fourth-order valence-corrected chi connectivity index (χ4v) is 2.93. The number of nitro groups is 1. The smallest absolute Gasteiger partial charge is 0.333 e. The second-order valence-corrected chi connectivity index (χ2v) is 5.84. The summed E-state index contributed by atoms with van der Waals surface area (Å²) in [6.45, 7) is 4.97. The molecule has 1 aromatic carbocycles. The number of anilines is 1. The van der Waals surface area contributed by atoms with Crippen molar-refractivity contribution in [2.24, 2.45) is 0 Å². The highest BCUT2D eigenvalue weighted by Crippen LogP contribution is 2.36. The molecule has 0 aliphatic rings. The third-order valence-corrected chi connectivity index (χ3v) is 5.31. The molecule has 20 heavy (non-hydrogen) atoms. The van der Waals surface area contributed by atoms with Gasteiger partial charge in [-0.1, -0.05) is 19.9 Å². The van der Waals surface area contributed by atoms with Crippen molar-refractivity contribution < 1.29 is 9.66 Å². The van der Waals surface area contributed by atoms with Crippen LogP contribution in [-0.4, -0.2) is 29.6 Å². The molecule has 5 nitrogen and oxygen atoms in total. The van der Waals surface area contributed by atoms with Crippen molar-refractivity contribution in [3.05, 3.63) is 28.3 Å². The van der Waals surface area contributed by atoms with E-state index < -0.39 is 4.92 Å². The molecule has 0 atom stereocenters. The number of hydrogen-bond donors (Lipinski definition) is 1. The van der Waals surface area contributed by atoms with E-state index in [-0.39, 0.29) is 16.2 Å². The van der Waals surface area contributed by atoms with E-state index in [0.717, 1.165) is 12.8 Å². The van der Waals surface area contributed by atoms with Crippen molar-refractivity contribution >= 4 is 23.1 Å². The quantitative estimate of drug-likeness (QED) is 0.582. The SMILES string of the molecule is CCC(CC)(CNc1cccc(OC)c1[N+](=O)[O-])SC. The Hall–Kier alpha value is -1.43. The Morgan fingerprint density at radius 3 is 2.50 bits per heavy atom. The van der Waals surface area contributed by atoms with Gasteiger partial charge in [-0.3, -0.25) is 10.1 Å². The molecule has 6 heteroatoms. The molecule has 0 aliphatic heterocycles. The highest BCUT2D eigenvalue weighted by Gasteiger charge is 2.27. The van der Waals surface area contributed by atoms with Gasteiger partial charge in [0.25, 0.3) is 0 Å². The predicted octanol–water partition coefficient (Wildman–Crippen LogP) is 3.94. The predicted molar refractivity (Wildman–Crippen MR) is 85.0 cm³/mol. The second-order valence-electron chi connectivity index (χ2n) is 4.56. The standard InChI is InChI=1S/C14H22N2O3S/c1-5-14(6-2,20-4)10-15-11-8-7-9-12(19-3)13(11)16(17)18/h7-9,15H,5-6,10H2,1-4H3.